The van der Waals surface area contributed by atoms with E-state index in [1.54, 1.807) is 0 Å². The molecule has 0 aromatic heterocycles. The summed E-state index contributed by atoms with van der Waals surface area (Å²) in [6.07, 6.45) is 0. The number of Topliss-reactive ketones (excluding diaryl/α,β-unsaturated/α-hetero) is 1. The Morgan fingerprint density at radius 1 is 0.808 bits per heavy atom. The largest absolute Gasteiger partial charge is 0.333 e. The molecule has 0 saturated carbocycles. The number of nitrogens with two attached hydrogens (primary N) is 1. The quantitative estimate of drug-likeness (QED) is 0.712. The zero-order valence-electron chi connectivity index (χ0n) is 17.7. The van der Waals surface area contributed by atoms with E-state index in [0.29, 0.717) is 6.04 Å². The average molecular weight is 383 g/mol. The van der Waals surface area contributed by atoms with E-state index < -0.39 is 0 Å². The SMILES string of the molecule is CC(C)=O.CN.CNC(C)C.Cc1ccccc1.Cc1ccccc1.Cl. The number of hydrogen-bond donors (Lipinski definition) is 2. The van der Waals surface area contributed by atoms with Crippen LogP contribution in [-0.2, 0) is 4.79 Å². The van der Waals surface area contributed by atoms with Crippen molar-refractivity contribution < 1.29 is 4.79 Å². The number of carbonyl (C=O) groups is 1. The van der Waals surface area contributed by atoms with Crippen molar-refractivity contribution in [2.45, 2.75) is 47.6 Å². The van der Waals surface area contributed by atoms with E-state index >= 15 is 0 Å². The number of aryl methyl sites for hydroxylation is 2. The molecule has 4 heteroatoms. The molecule has 0 aliphatic carbocycles. The van der Waals surface area contributed by atoms with Crippen molar-refractivity contribution in [2.75, 3.05) is 14.1 Å². The molecular formula is C22H39ClN2O. The maximum atomic E-state index is 9.44. The zero-order chi connectivity index (χ0) is 20.1. The molecule has 150 valence electrons. The fourth-order valence-corrected chi connectivity index (χ4v) is 1.07. The molecule has 0 fully saturated rings. The Morgan fingerprint density at radius 3 is 1.08 bits per heavy atom. The van der Waals surface area contributed by atoms with Crippen LogP contribution in [0.15, 0.2) is 60.7 Å². The molecule has 0 heterocycles. The fraction of sp³-hybridized carbons (Fsp3) is 0.409. The number of hydrogen-bond acceptors (Lipinski definition) is 3. The first kappa shape index (κ1) is 32.0. The number of rotatable bonds is 1. The maximum Gasteiger partial charge on any atom is 0.126 e. The molecule has 26 heavy (non-hydrogen) atoms. The van der Waals surface area contributed by atoms with Crippen molar-refractivity contribution in [3.8, 4) is 0 Å². The molecule has 0 atom stereocenters. The van der Waals surface area contributed by atoms with Gasteiger partial charge in [-0.25, -0.2) is 0 Å². The minimum absolute atomic E-state index is 0. The number of nitrogens with one attached hydrogen (secondary N) is 1. The van der Waals surface area contributed by atoms with E-state index in [1.165, 1.54) is 32.0 Å². The third kappa shape index (κ3) is 38.1. The standard InChI is InChI=1S/2C7H8.C4H11N.C3H6O.CH5N.ClH/c2*1-7-5-3-2-4-6-7;1-4(2)5-3;1-3(2)4;1-2;/h2*2-6H,1H3;4-5H,1-3H3;1-2H3;2H2,1H3;1H. The van der Waals surface area contributed by atoms with Crippen LogP contribution in [0.4, 0.5) is 0 Å². The number of halogens is 1. The zero-order valence-corrected chi connectivity index (χ0v) is 18.6. The molecule has 0 radical (unpaired) electrons. The summed E-state index contributed by atoms with van der Waals surface area (Å²) in [4.78, 5) is 9.44. The van der Waals surface area contributed by atoms with Gasteiger partial charge >= 0.3 is 0 Å². The van der Waals surface area contributed by atoms with Crippen LogP contribution in [0, 0.1) is 13.8 Å². The van der Waals surface area contributed by atoms with Gasteiger partial charge in [0.2, 0.25) is 0 Å². The fourth-order valence-electron chi connectivity index (χ4n) is 1.07. The lowest BCUT2D eigenvalue weighted by Crippen LogP contribution is -2.15. The second-order valence-electron chi connectivity index (χ2n) is 5.66. The Balaban J connectivity index is -0.000000122. The van der Waals surface area contributed by atoms with Gasteiger partial charge in [0.25, 0.3) is 0 Å². The van der Waals surface area contributed by atoms with Gasteiger partial charge in [0.05, 0.1) is 0 Å². The minimum atomic E-state index is 0. The normalized spacial score (nSPS) is 7.77. The van der Waals surface area contributed by atoms with E-state index in [-0.39, 0.29) is 18.2 Å². The van der Waals surface area contributed by atoms with Crippen LogP contribution in [0.5, 0.6) is 0 Å². The topological polar surface area (TPSA) is 55.1 Å². The summed E-state index contributed by atoms with van der Waals surface area (Å²) in [5.74, 6) is 0.167. The van der Waals surface area contributed by atoms with E-state index in [4.69, 9.17) is 0 Å². The van der Waals surface area contributed by atoms with Crippen molar-refractivity contribution in [3.05, 3.63) is 71.8 Å². The first-order chi connectivity index (χ1) is 11.8. The van der Waals surface area contributed by atoms with E-state index in [9.17, 15) is 4.79 Å². The first-order valence-electron chi connectivity index (χ1n) is 8.55. The summed E-state index contributed by atoms with van der Waals surface area (Å²) in [6, 6.07) is 21.2. The second kappa shape index (κ2) is 25.6. The monoisotopic (exact) mass is 382 g/mol. The highest BCUT2D eigenvalue weighted by Gasteiger charge is 1.77. The van der Waals surface area contributed by atoms with Crippen LogP contribution in [-0.4, -0.2) is 25.9 Å². The summed E-state index contributed by atoms with van der Waals surface area (Å²) >= 11 is 0. The number of ketones is 1. The molecule has 3 N–H and O–H groups in total. The molecule has 0 unspecified atom stereocenters. The van der Waals surface area contributed by atoms with E-state index in [2.05, 4.69) is 63.0 Å². The highest BCUT2D eigenvalue weighted by molar-refractivity contribution is 5.85. The van der Waals surface area contributed by atoms with Gasteiger partial charge in [0.1, 0.15) is 5.78 Å². The van der Waals surface area contributed by atoms with Gasteiger partial charge in [-0.3, -0.25) is 0 Å². The third-order valence-electron chi connectivity index (χ3n) is 2.46. The highest BCUT2D eigenvalue weighted by Crippen LogP contribution is 1.92. The summed E-state index contributed by atoms with van der Waals surface area (Å²) in [7, 11) is 3.45. The van der Waals surface area contributed by atoms with Crippen molar-refractivity contribution in [2.24, 2.45) is 5.73 Å². The minimum Gasteiger partial charge on any atom is -0.333 e. The van der Waals surface area contributed by atoms with Gasteiger partial charge in [-0.2, -0.15) is 0 Å². The van der Waals surface area contributed by atoms with E-state index in [1.807, 2.05) is 43.4 Å². The van der Waals surface area contributed by atoms with Gasteiger partial charge in [0, 0.05) is 6.04 Å². The van der Waals surface area contributed by atoms with Crippen molar-refractivity contribution in [1.29, 1.82) is 0 Å². The van der Waals surface area contributed by atoms with Crippen LogP contribution in [0.25, 0.3) is 0 Å². The molecule has 2 aromatic rings. The summed E-state index contributed by atoms with van der Waals surface area (Å²) < 4.78 is 0. The molecule has 0 saturated heterocycles. The smallest absolute Gasteiger partial charge is 0.126 e. The second-order valence-corrected chi connectivity index (χ2v) is 5.66. The Morgan fingerprint density at radius 2 is 1.00 bits per heavy atom. The Labute approximate surface area is 167 Å². The van der Waals surface area contributed by atoms with Crippen LogP contribution in [0.1, 0.15) is 38.8 Å². The summed E-state index contributed by atoms with van der Waals surface area (Å²) in [5, 5.41) is 3.03. The third-order valence-corrected chi connectivity index (χ3v) is 2.46. The summed E-state index contributed by atoms with van der Waals surface area (Å²) in [6.45, 7) is 11.4. The lowest BCUT2D eigenvalue weighted by atomic mass is 10.2. The lowest BCUT2D eigenvalue weighted by Gasteiger charge is -1.95. The molecule has 0 amide bonds. The molecular weight excluding hydrogens is 344 g/mol. The predicted octanol–water partition coefficient (Wildman–Crippen LogP) is 5.20. The molecule has 0 aliphatic heterocycles. The van der Waals surface area contributed by atoms with Crippen LogP contribution in [0.3, 0.4) is 0 Å². The lowest BCUT2D eigenvalue weighted by molar-refractivity contribution is -0.114. The van der Waals surface area contributed by atoms with Crippen LogP contribution >= 0.6 is 12.4 Å². The van der Waals surface area contributed by atoms with Crippen LogP contribution < -0.4 is 11.1 Å². The van der Waals surface area contributed by atoms with Crippen LogP contribution in [0.2, 0.25) is 0 Å². The predicted molar refractivity (Wildman–Crippen MR) is 120 cm³/mol. The molecule has 2 aromatic carbocycles. The molecule has 0 aliphatic rings. The Kier molecular flexibility index (Phi) is 31.5. The highest BCUT2D eigenvalue weighted by atomic mass is 35.5. The molecule has 3 nitrogen and oxygen atoms in total. The summed E-state index contributed by atoms with van der Waals surface area (Å²) in [5.41, 5.74) is 7.14. The van der Waals surface area contributed by atoms with E-state index in [0.717, 1.165) is 0 Å². The number of benzene rings is 2. The Hall–Kier alpha value is -1.68. The maximum absolute atomic E-state index is 9.44. The van der Waals surface area contributed by atoms with Crippen molar-refractivity contribution in [1.82, 2.24) is 5.32 Å². The van der Waals surface area contributed by atoms with Gasteiger partial charge in [0.15, 0.2) is 0 Å². The Bertz CT molecular complexity index is 447. The van der Waals surface area contributed by atoms with Crippen molar-refractivity contribution in [3.63, 3.8) is 0 Å². The van der Waals surface area contributed by atoms with Gasteiger partial charge in [-0.15, -0.1) is 12.4 Å². The van der Waals surface area contributed by atoms with Gasteiger partial charge in [-0.1, -0.05) is 85.6 Å². The first-order valence-corrected chi connectivity index (χ1v) is 8.55. The molecule has 0 bridgehead atoms. The molecule has 0 spiro atoms. The van der Waals surface area contributed by atoms with Gasteiger partial charge in [-0.05, 0) is 41.8 Å². The molecule has 2 rings (SSSR count). The van der Waals surface area contributed by atoms with Gasteiger partial charge < -0.3 is 15.8 Å². The number of carbonyl (C=O) groups excluding carboxylic acids is 1. The average Bonchev–Trinajstić information content (AvgIpc) is 2.59. The van der Waals surface area contributed by atoms with Crippen molar-refractivity contribution >= 4 is 18.2 Å².